The molecule has 2 aromatic carbocycles. The molecule has 0 unspecified atom stereocenters. The summed E-state index contributed by atoms with van der Waals surface area (Å²) >= 11 is 3.03. The Labute approximate surface area is 167 Å². The van der Waals surface area contributed by atoms with Crippen LogP contribution in [0.2, 0.25) is 0 Å². The van der Waals surface area contributed by atoms with Crippen molar-refractivity contribution in [3.8, 4) is 0 Å². The van der Waals surface area contributed by atoms with Gasteiger partial charge in [-0.05, 0) is 46.3 Å². The van der Waals surface area contributed by atoms with Crippen molar-refractivity contribution in [1.29, 1.82) is 0 Å². The summed E-state index contributed by atoms with van der Waals surface area (Å²) < 4.78 is 54.8. The number of benzene rings is 2. The van der Waals surface area contributed by atoms with Crippen LogP contribution in [0.25, 0.3) is 10.9 Å². The van der Waals surface area contributed by atoms with Crippen LogP contribution in [0.3, 0.4) is 0 Å². The van der Waals surface area contributed by atoms with E-state index in [2.05, 4.69) is 31.3 Å². The van der Waals surface area contributed by atoms with Crippen LogP contribution in [-0.2, 0) is 0 Å². The van der Waals surface area contributed by atoms with Crippen LogP contribution in [0, 0.1) is 11.6 Å². The number of fused-ring (bicyclic) bond motifs is 1. The topological polar surface area (TPSA) is 67.1 Å². The van der Waals surface area contributed by atoms with Gasteiger partial charge in [0.05, 0.1) is 22.2 Å². The van der Waals surface area contributed by atoms with Gasteiger partial charge in [-0.2, -0.15) is 4.98 Å². The maximum atomic E-state index is 14.6. The van der Waals surface area contributed by atoms with Crippen LogP contribution >= 0.6 is 15.9 Å². The van der Waals surface area contributed by atoms with Crippen molar-refractivity contribution in [2.75, 3.05) is 16.9 Å². The molecule has 0 fully saturated rings. The third-order valence-corrected chi connectivity index (χ3v) is 4.18. The van der Waals surface area contributed by atoms with Crippen molar-refractivity contribution in [2.24, 2.45) is 5.84 Å². The number of aromatic nitrogens is 2. The van der Waals surface area contributed by atoms with E-state index in [1.165, 1.54) is 24.3 Å². The number of nitrogens with zero attached hydrogens (tertiary/aromatic N) is 3. The van der Waals surface area contributed by atoms with E-state index in [0.717, 1.165) is 17.0 Å². The molecule has 3 N–H and O–H groups in total. The Morgan fingerprint density at radius 2 is 1.86 bits per heavy atom. The number of hydrogen-bond acceptors (Lipinski definition) is 5. The lowest BCUT2D eigenvalue weighted by atomic mass is 10.2. The molecule has 0 atom stereocenters. The number of alkyl halides is 2. The summed E-state index contributed by atoms with van der Waals surface area (Å²) in [6, 6.07) is 7.87. The largest absolute Gasteiger partial charge is 0.317 e. The zero-order valence-electron chi connectivity index (χ0n) is 15.1. The number of hydrogen-bond donors (Lipinski definition) is 2. The van der Waals surface area contributed by atoms with E-state index in [4.69, 9.17) is 5.84 Å². The highest BCUT2D eigenvalue weighted by atomic mass is 79.9. The van der Waals surface area contributed by atoms with Crippen molar-refractivity contribution < 1.29 is 17.6 Å². The monoisotopic (exact) mass is 459 g/mol. The van der Waals surface area contributed by atoms with Gasteiger partial charge in [0.25, 0.3) is 6.43 Å². The second kappa shape index (κ2) is 9.65. The predicted octanol–water partition coefficient (Wildman–Crippen LogP) is 5.39. The zero-order valence-corrected chi connectivity index (χ0v) is 16.6. The van der Waals surface area contributed by atoms with Gasteiger partial charge < -0.3 is 4.90 Å². The summed E-state index contributed by atoms with van der Waals surface area (Å²) in [6.45, 7) is 3.14. The molecule has 0 saturated heterocycles. The maximum absolute atomic E-state index is 14.6. The second-order valence-electron chi connectivity index (χ2n) is 5.25. The van der Waals surface area contributed by atoms with Gasteiger partial charge in [-0.15, -0.1) is 0 Å². The van der Waals surface area contributed by atoms with Gasteiger partial charge in [0.15, 0.2) is 5.82 Å². The minimum Gasteiger partial charge on any atom is -0.317 e. The van der Waals surface area contributed by atoms with Crippen molar-refractivity contribution in [3.63, 3.8) is 0 Å². The summed E-state index contributed by atoms with van der Waals surface area (Å²) in [5.41, 5.74) is 2.34. The van der Waals surface area contributed by atoms with Crippen molar-refractivity contribution in [3.05, 3.63) is 52.5 Å². The van der Waals surface area contributed by atoms with Crippen LogP contribution < -0.4 is 16.2 Å². The number of rotatable bonds is 5. The van der Waals surface area contributed by atoms with Crippen LogP contribution in [0.15, 0.2) is 40.9 Å². The fourth-order valence-corrected chi connectivity index (χ4v) is 2.85. The summed E-state index contributed by atoms with van der Waals surface area (Å²) in [6.07, 6.45) is -2.80. The molecule has 0 aliphatic rings. The quantitative estimate of drug-likeness (QED) is 0.304. The van der Waals surface area contributed by atoms with Crippen molar-refractivity contribution in [1.82, 2.24) is 9.97 Å². The second-order valence-corrected chi connectivity index (χ2v) is 6.11. The molecule has 3 aromatic rings. The summed E-state index contributed by atoms with van der Waals surface area (Å²) in [5.74, 6) is 3.80. The molecule has 150 valence electrons. The lowest BCUT2D eigenvalue weighted by Crippen LogP contribution is -2.27. The molecule has 10 heteroatoms. The first-order valence-corrected chi connectivity index (χ1v) is 9.13. The number of nitrogens with two attached hydrogens (primary N) is 1. The van der Waals surface area contributed by atoms with E-state index in [-0.39, 0.29) is 32.8 Å². The average Bonchev–Trinajstić information content (AvgIpc) is 2.69. The van der Waals surface area contributed by atoms with Gasteiger partial charge in [-0.1, -0.05) is 19.9 Å². The lowest BCUT2D eigenvalue weighted by Gasteiger charge is -2.25. The minimum atomic E-state index is -2.80. The molecule has 0 saturated carbocycles. The Bertz CT molecular complexity index is 955. The molecule has 0 bridgehead atoms. The van der Waals surface area contributed by atoms with Crippen LogP contribution in [0.1, 0.15) is 13.8 Å². The SMILES string of the molecule is CC.NNc1nc(N(CC(F)F)c2cccc(Br)c2F)c2cc(F)ccc2n1. The van der Waals surface area contributed by atoms with Gasteiger partial charge in [0.1, 0.15) is 11.6 Å². The summed E-state index contributed by atoms with van der Waals surface area (Å²) in [4.78, 5) is 9.08. The smallest absolute Gasteiger partial charge is 0.256 e. The van der Waals surface area contributed by atoms with Crippen molar-refractivity contribution >= 4 is 44.3 Å². The number of halogens is 5. The van der Waals surface area contributed by atoms with Crippen LogP contribution in [-0.4, -0.2) is 22.9 Å². The van der Waals surface area contributed by atoms with E-state index >= 15 is 0 Å². The fourth-order valence-electron chi connectivity index (χ4n) is 2.49. The Morgan fingerprint density at radius 3 is 2.50 bits per heavy atom. The molecular weight excluding hydrogens is 442 g/mol. The molecule has 0 aliphatic heterocycles. The third kappa shape index (κ3) is 4.68. The predicted molar refractivity (Wildman–Crippen MR) is 106 cm³/mol. The number of nitrogen functional groups attached to an aromatic ring is 1. The van der Waals surface area contributed by atoms with Gasteiger partial charge in [-0.3, -0.25) is 5.43 Å². The Hall–Kier alpha value is -2.46. The van der Waals surface area contributed by atoms with Gasteiger partial charge >= 0.3 is 0 Å². The van der Waals surface area contributed by atoms with E-state index in [1.54, 1.807) is 0 Å². The van der Waals surface area contributed by atoms with E-state index < -0.39 is 24.6 Å². The number of nitrogens with one attached hydrogen (secondary N) is 1. The van der Waals surface area contributed by atoms with Crippen molar-refractivity contribution in [2.45, 2.75) is 20.3 Å². The van der Waals surface area contributed by atoms with E-state index in [9.17, 15) is 17.6 Å². The first-order valence-electron chi connectivity index (χ1n) is 8.34. The van der Waals surface area contributed by atoms with Gasteiger partial charge in [-0.25, -0.2) is 28.4 Å². The summed E-state index contributed by atoms with van der Waals surface area (Å²) in [5, 5.41) is 0.143. The van der Waals surface area contributed by atoms with Gasteiger partial charge in [0.2, 0.25) is 5.95 Å². The molecular formula is C18H18BrF4N5. The molecule has 0 spiro atoms. The highest BCUT2D eigenvalue weighted by Gasteiger charge is 2.23. The van der Waals surface area contributed by atoms with E-state index in [0.29, 0.717) is 0 Å². The Kier molecular flexibility index (Phi) is 7.53. The van der Waals surface area contributed by atoms with Crippen LogP contribution in [0.4, 0.5) is 35.0 Å². The molecule has 1 heterocycles. The average molecular weight is 460 g/mol. The highest BCUT2D eigenvalue weighted by Crippen LogP contribution is 2.35. The normalized spacial score (nSPS) is 10.6. The molecule has 0 radical (unpaired) electrons. The standard InChI is InChI=1S/C16H12BrF4N5.C2H6/c17-10-2-1-3-12(14(10)21)26(7-13(19)20)15-9-6-8(18)4-5-11(9)23-16(24-15)25-22;1-2/h1-6,13H,7,22H2,(H,23,24,25);1-2H3. The molecule has 28 heavy (non-hydrogen) atoms. The minimum absolute atomic E-state index is 0.0752. The first kappa shape index (κ1) is 21.8. The Balaban J connectivity index is 0.00000136. The Morgan fingerprint density at radius 1 is 1.14 bits per heavy atom. The fraction of sp³-hybridized carbons (Fsp3) is 0.222. The number of anilines is 3. The van der Waals surface area contributed by atoms with Crippen LogP contribution in [0.5, 0.6) is 0 Å². The number of hydrazine groups is 1. The maximum Gasteiger partial charge on any atom is 0.256 e. The first-order chi connectivity index (χ1) is 13.4. The molecule has 5 nitrogen and oxygen atoms in total. The molecule has 0 aliphatic carbocycles. The molecule has 0 amide bonds. The highest BCUT2D eigenvalue weighted by molar-refractivity contribution is 9.10. The van der Waals surface area contributed by atoms with E-state index in [1.807, 2.05) is 13.8 Å². The molecule has 1 aromatic heterocycles. The zero-order chi connectivity index (χ0) is 20.8. The third-order valence-electron chi connectivity index (χ3n) is 3.57. The summed E-state index contributed by atoms with van der Waals surface area (Å²) in [7, 11) is 0. The van der Waals surface area contributed by atoms with Gasteiger partial charge in [0, 0.05) is 5.39 Å². The molecule has 3 rings (SSSR count). The lowest BCUT2D eigenvalue weighted by molar-refractivity contribution is 0.157.